The molecule has 2 aromatic heterocycles. The van der Waals surface area contributed by atoms with Crippen LogP contribution in [0.3, 0.4) is 0 Å². The van der Waals surface area contributed by atoms with Crippen molar-refractivity contribution in [2.75, 3.05) is 13.1 Å². The molecule has 2 aromatic rings. The third kappa shape index (κ3) is 4.53. The quantitative estimate of drug-likeness (QED) is 0.862. The fourth-order valence-electron chi connectivity index (χ4n) is 2.38. The van der Waals surface area contributed by atoms with Gasteiger partial charge in [-0.3, -0.25) is 9.78 Å². The summed E-state index contributed by atoms with van der Waals surface area (Å²) in [5.41, 5.74) is 1.86. The predicted octanol–water partition coefficient (Wildman–Crippen LogP) is 2.31. The molecule has 0 amide bonds. The molecule has 120 valence electrons. The number of hydrogen-bond donors (Lipinski definition) is 1. The molecule has 3 heterocycles. The van der Waals surface area contributed by atoms with E-state index in [0.29, 0.717) is 12.5 Å². The van der Waals surface area contributed by atoms with Gasteiger partial charge in [-0.25, -0.2) is 4.98 Å². The van der Waals surface area contributed by atoms with Crippen LogP contribution < -0.4 is 5.32 Å². The average Bonchev–Trinajstić information content (AvgIpc) is 2.91. The van der Waals surface area contributed by atoms with Crippen LogP contribution in [0, 0.1) is 0 Å². The zero-order valence-corrected chi connectivity index (χ0v) is 13.5. The van der Waals surface area contributed by atoms with Crippen molar-refractivity contribution in [2.45, 2.75) is 45.3 Å². The second kappa shape index (κ2) is 7.35. The molecule has 0 radical (unpaired) electrons. The Morgan fingerprint density at radius 1 is 1.45 bits per heavy atom. The minimum absolute atomic E-state index is 0.318. The minimum atomic E-state index is -0.318. The lowest BCUT2D eigenvalue weighted by Gasteiger charge is -2.24. The Labute approximate surface area is 130 Å². The Balaban J connectivity index is 0.000000217. The van der Waals surface area contributed by atoms with Crippen LogP contribution in [-0.4, -0.2) is 39.7 Å². The van der Waals surface area contributed by atoms with Crippen LogP contribution in [0.5, 0.6) is 0 Å². The molecule has 0 bridgehead atoms. The van der Waals surface area contributed by atoms with Gasteiger partial charge in [0, 0.05) is 18.8 Å². The second-order valence-corrected chi connectivity index (χ2v) is 6.34. The number of hydrogen-bond acceptors (Lipinski definition) is 5. The summed E-state index contributed by atoms with van der Waals surface area (Å²) in [6.07, 6.45) is 8.09. The lowest BCUT2D eigenvalue weighted by atomic mass is 10.1. The van der Waals surface area contributed by atoms with Crippen molar-refractivity contribution in [3.8, 4) is 0 Å². The molecular weight excluding hydrogens is 280 g/mol. The summed E-state index contributed by atoms with van der Waals surface area (Å²) in [6, 6.07) is 2.50. The van der Waals surface area contributed by atoms with Crippen LogP contribution in [0.15, 0.2) is 24.8 Å². The first-order valence-corrected chi connectivity index (χ1v) is 7.60. The number of pyridine rings is 1. The van der Waals surface area contributed by atoms with Crippen molar-refractivity contribution in [1.82, 2.24) is 19.9 Å². The number of rotatable bonds is 2. The Bertz CT molecular complexity index is 597. The number of ether oxygens (including phenoxy) is 1. The van der Waals surface area contributed by atoms with Crippen LogP contribution in [0.1, 0.15) is 39.7 Å². The van der Waals surface area contributed by atoms with Gasteiger partial charge >= 0.3 is 0 Å². The zero-order valence-electron chi connectivity index (χ0n) is 13.5. The zero-order chi connectivity index (χ0) is 16.0. The molecule has 1 aliphatic rings. The first kappa shape index (κ1) is 16.4. The van der Waals surface area contributed by atoms with Gasteiger partial charge in [0.15, 0.2) is 0 Å². The topological polar surface area (TPSA) is 69.0 Å². The van der Waals surface area contributed by atoms with Gasteiger partial charge < -0.3 is 14.6 Å². The molecule has 1 N–H and O–H groups in total. The molecular formula is C16H24N4O2. The van der Waals surface area contributed by atoms with E-state index in [0.717, 1.165) is 24.1 Å². The van der Waals surface area contributed by atoms with Crippen LogP contribution in [0.2, 0.25) is 0 Å². The molecule has 22 heavy (non-hydrogen) atoms. The van der Waals surface area contributed by atoms with E-state index in [2.05, 4.69) is 24.6 Å². The van der Waals surface area contributed by atoms with Crippen molar-refractivity contribution in [3.05, 3.63) is 24.8 Å². The highest BCUT2D eigenvalue weighted by Gasteiger charge is 2.16. The van der Waals surface area contributed by atoms with Crippen molar-refractivity contribution >= 4 is 17.5 Å². The first-order chi connectivity index (χ1) is 10.5. The lowest BCUT2D eigenvalue weighted by molar-refractivity contribution is -0.138. The number of fused-ring (bicyclic) bond motifs is 1. The van der Waals surface area contributed by atoms with Gasteiger partial charge in [-0.1, -0.05) is 0 Å². The largest absolute Gasteiger partial charge is 0.462 e. The van der Waals surface area contributed by atoms with Crippen LogP contribution in [-0.2, 0) is 9.53 Å². The van der Waals surface area contributed by atoms with E-state index < -0.39 is 0 Å². The van der Waals surface area contributed by atoms with E-state index in [1.165, 1.54) is 12.8 Å². The highest BCUT2D eigenvalue weighted by atomic mass is 16.5. The molecule has 6 nitrogen and oxygen atoms in total. The molecule has 0 spiro atoms. The molecule has 1 fully saturated rings. The van der Waals surface area contributed by atoms with E-state index >= 15 is 0 Å². The highest BCUT2D eigenvalue weighted by molar-refractivity contribution is 5.73. The minimum Gasteiger partial charge on any atom is -0.462 e. The number of carbonyl (C=O) groups is 1. The standard InChI is InChI=1S/C11H14N4.C5H10O2/c1-2-9(6-12-4-1)15-8-14-10-3-5-13-7-11(10)15;1-5(2,3)7-4-6/h3,5,7-9,12H,1-2,4,6H2;4H,1-3H3. The fourth-order valence-corrected chi connectivity index (χ4v) is 2.38. The van der Waals surface area contributed by atoms with Crippen LogP contribution in [0.25, 0.3) is 11.0 Å². The summed E-state index contributed by atoms with van der Waals surface area (Å²) in [5, 5.41) is 3.42. The summed E-state index contributed by atoms with van der Waals surface area (Å²) < 4.78 is 6.79. The van der Waals surface area contributed by atoms with Gasteiger partial charge in [0.2, 0.25) is 0 Å². The van der Waals surface area contributed by atoms with Crippen LogP contribution >= 0.6 is 0 Å². The molecule has 1 atom stereocenters. The maximum atomic E-state index is 9.60. The van der Waals surface area contributed by atoms with Crippen molar-refractivity contribution in [2.24, 2.45) is 0 Å². The Morgan fingerprint density at radius 2 is 2.27 bits per heavy atom. The van der Waals surface area contributed by atoms with E-state index in [1.807, 2.05) is 39.4 Å². The van der Waals surface area contributed by atoms with Crippen molar-refractivity contribution < 1.29 is 9.53 Å². The average molecular weight is 304 g/mol. The maximum absolute atomic E-state index is 9.60. The smallest absolute Gasteiger partial charge is 0.293 e. The normalized spacial score (nSPS) is 18.4. The van der Waals surface area contributed by atoms with E-state index in [1.54, 1.807) is 6.20 Å². The van der Waals surface area contributed by atoms with E-state index in [9.17, 15) is 4.79 Å². The second-order valence-electron chi connectivity index (χ2n) is 6.34. The van der Waals surface area contributed by atoms with E-state index in [-0.39, 0.29) is 5.60 Å². The van der Waals surface area contributed by atoms with Gasteiger partial charge in [-0.05, 0) is 46.2 Å². The summed E-state index contributed by atoms with van der Waals surface area (Å²) in [7, 11) is 0. The molecule has 1 aliphatic heterocycles. The Kier molecular flexibility index (Phi) is 5.49. The number of carbonyl (C=O) groups excluding carboxylic acids is 1. The SMILES string of the molecule is CC(C)(C)OC=O.c1cc2ncn(C3CCCNC3)c2cn1. The highest BCUT2D eigenvalue weighted by Crippen LogP contribution is 2.21. The van der Waals surface area contributed by atoms with Gasteiger partial charge in [0.25, 0.3) is 6.47 Å². The number of nitrogens with zero attached hydrogens (tertiary/aromatic N) is 3. The third-order valence-electron chi connectivity index (χ3n) is 3.44. The van der Waals surface area contributed by atoms with Crippen molar-refractivity contribution in [1.29, 1.82) is 0 Å². The fraction of sp³-hybridized carbons (Fsp3) is 0.562. The van der Waals surface area contributed by atoms with E-state index in [4.69, 9.17) is 0 Å². The lowest BCUT2D eigenvalue weighted by Crippen LogP contribution is -2.31. The molecule has 1 saturated heterocycles. The summed E-state index contributed by atoms with van der Waals surface area (Å²) >= 11 is 0. The number of aromatic nitrogens is 3. The summed E-state index contributed by atoms with van der Waals surface area (Å²) in [4.78, 5) is 18.1. The Morgan fingerprint density at radius 3 is 2.86 bits per heavy atom. The molecule has 6 heteroatoms. The molecule has 3 rings (SSSR count). The van der Waals surface area contributed by atoms with Crippen molar-refractivity contribution in [3.63, 3.8) is 0 Å². The van der Waals surface area contributed by atoms with Crippen LogP contribution in [0.4, 0.5) is 0 Å². The number of nitrogens with one attached hydrogen (secondary N) is 1. The molecule has 0 aliphatic carbocycles. The third-order valence-corrected chi connectivity index (χ3v) is 3.44. The maximum Gasteiger partial charge on any atom is 0.293 e. The Hall–Kier alpha value is -1.95. The summed E-state index contributed by atoms with van der Waals surface area (Å²) in [6.45, 7) is 8.10. The van der Waals surface area contributed by atoms with Gasteiger partial charge in [-0.15, -0.1) is 0 Å². The monoisotopic (exact) mass is 304 g/mol. The molecule has 1 unspecified atom stereocenters. The van der Waals surface area contributed by atoms with Gasteiger partial charge in [-0.2, -0.15) is 0 Å². The predicted molar refractivity (Wildman–Crippen MR) is 85.6 cm³/mol. The number of piperidine rings is 1. The van der Waals surface area contributed by atoms with Gasteiger partial charge in [0.05, 0.1) is 23.6 Å². The molecule has 0 aromatic carbocycles. The first-order valence-electron chi connectivity index (χ1n) is 7.60. The summed E-state index contributed by atoms with van der Waals surface area (Å²) in [5.74, 6) is 0. The van der Waals surface area contributed by atoms with Gasteiger partial charge in [0.1, 0.15) is 5.60 Å². The molecule has 0 saturated carbocycles. The number of imidazole rings is 1.